The first-order chi connectivity index (χ1) is 7.75. The predicted octanol–water partition coefficient (Wildman–Crippen LogP) is 1.17. The fourth-order valence-corrected chi connectivity index (χ4v) is 1.09. The molecule has 1 amide bonds. The van der Waals surface area contributed by atoms with Crippen molar-refractivity contribution in [2.24, 2.45) is 0 Å². The van der Waals surface area contributed by atoms with E-state index in [-0.39, 0.29) is 11.1 Å². The minimum atomic E-state index is -0.350. The van der Waals surface area contributed by atoms with Crippen molar-refractivity contribution in [3.63, 3.8) is 0 Å². The van der Waals surface area contributed by atoms with Crippen molar-refractivity contribution in [3.05, 3.63) is 41.6 Å². The summed E-state index contributed by atoms with van der Waals surface area (Å²) >= 11 is 5.56. The summed E-state index contributed by atoms with van der Waals surface area (Å²) in [5.41, 5.74) is 0.347. The number of rotatable bonds is 2. The molecule has 2 rings (SSSR count). The van der Waals surface area contributed by atoms with Crippen LogP contribution in [0.1, 0.15) is 10.4 Å². The molecule has 1 N–H and O–H groups in total. The predicted molar refractivity (Wildman–Crippen MR) is 57.0 cm³/mol. The Labute approximate surface area is 95.7 Å². The second-order valence-electron chi connectivity index (χ2n) is 2.82. The molecule has 0 saturated carbocycles. The Balaban J connectivity index is 2.11. The van der Waals surface area contributed by atoms with Crippen LogP contribution < -0.4 is 5.32 Å². The molecular weight excluding hydrogens is 230 g/mol. The van der Waals surface area contributed by atoms with Crippen molar-refractivity contribution in [2.75, 3.05) is 5.32 Å². The first kappa shape index (κ1) is 10.4. The maximum atomic E-state index is 11.6. The van der Waals surface area contributed by atoms with Gasteiger partial charge in [-0.2, -0.15) is 0 Å². The van der Waals surface area contributed by atoms with Gasteiger partial charge in [-0.3, -0.25) is 4.79 Å². The van der Waals surface area contributed by atoms with E-state index in [9.17, 15) is 4.79 Å². The van der Waals surface area contributed by atoms with Crippen LogP contribution >= 0.6 is 11.6 Å². The zero-order valence-corrected chi connectivity index (χ0v) is 8.72. The molecule has 6 nitrogen and oxygen atoms in total. The van der Waals surface area contributed by atoms with Gasteiger partial charge in [0.2, 0.25) is 0 Å². The fourth-order valence-electron chi connectivity index (χ4n) is 0.988. The van der Waals surface area contributed by atoms with E-state index in [1.165, 1.54) is 24.8 Å². The van der Waals surface area contributed by atoms with E-state index in [0.29, 0.717) is 11.4 Å². The summed E-state index contributed by atoms with van der Waals surface area (Å²) in [6.45, 7) is 0. The molecule has 0 aliphatic rings. The van der Waals surface area contributed by atoms with E-state index in [4.69, 9.17) is 11.6 Å². The van der Waals surface area contributed by atoms with Crippen molar-refractivity contribution in [1.82, 2.24) is 20.2 Å². The lowest BCUT2D eigenvalue weighted by Gasteiger charge is -2.02. The van der Waals surface area contributed by atoms with Gasteiger partial charge in [-0.05, 0) is 12.1 Å². The van der Waals surface area contributed by atoms with Gasteiger partial charge >= 0.3 is 0 Å². The third-order valence-corrected chi connectivity index (χ3v) is 1.90. The summed E-state index contributed by atoms with van der Waals surface area (Å²) in [5, 5.41) is 10.1. The average Bonchev–Trinajstić information content (AvgIpc) is 2.33. The van der Waals surface area contributed by atoms with E-state index in [0.717, 1.165) is 0 Å². The Morgan fingerprint density at radius 2 is 1.94 bits per heavy atom. The van der Waals surface area contributed by atoms with E-state index in [2.05, 4.69) is 25.5 Å². The molecule has 0 aliphatic carbocycles. The molecule has 0 fully saturated rings. The van der Waals surface area contributed by atoms with Crippen LogP contribution in [0.25, 0.3) is 0 Å². The lowest BCUT2D eigenvalue weighted by Crippen LogP contribution is -2.13. The third-order valence-electron chi connectivity index (χ3n) is 1.70. The SMILES string of the molecule is O=C(Nc1ccc(Cl)nn1)c1cncnc1. The smallest absolute Gasteiger partial charge is 0.260 e. The van der Waals surface area contributed by atoms with Crippen molar-refractivity contribution in [2.45, 2.75) is 0 Å². The third kappa shape index (κ3) is 2.48. The molecule has 0 saturated heterocycles. The van der Waals surface area contributed by atoms with E-state index in [1.807, 2.05) is 0 Å². The number of nitrogens with one attached hydrogen (secondary N) is 1. The van der Waals surface area contributed by atoms with Crippen LogP contribution in [0.3, 0.4) is 0 Å². The Kier molecular flexibility index (Phi) is 3.02. The normalized spacial score (nSPS) is 9.81. The average molecular weight is 236 g/mol. The number of carbonyl (C=O) groups excluding carboxylic acids is 1. The molecule has 0 aromatic carbocycles. The molecular formula is C9H6ClN5O. The molecule has 2 aromatic heterocycles. The Morgan fingerprint density at radius 3 is 2.56 bits per heavy atom. The number of hydrogen-bond donors (Lipinski definition) is 1. The van der Waals surface area contributed by atoms with Crippen molar-refractivity contribution >= 4 is 23.3 Å². The Morgan fingerprint density at radius 1 is 1.19 bits per heavy atom. The summed E-state index contributed by atoms with van der Waals surface area (Å²) in [7, 11) is 0. The van der Waals surface area contributed by atoms with Gasteiger partial charge in [0.15, 0.2) is 11.0 Å². The highest BCUT2D eigenvalue weighted by molar-refractivity contribution is 6.29. The first-order valence-corrected chi connectivity index (χ1v) is 4.69. The molecule has 80 valence electrons. The molecule has 0 aliphatic heterocycles. The first-order valence-electron chi connectivity index (χ1n) is 4.31. The highest BCUT2D eigenvalue weighted by Gasteiger charge is 2.06. The van der Waals surface area contributed by atoms with Gasteiger partial charge in [-0.25, -0.2) is 9.97 Å². The maximum Gasteiger partial charge on any atom is 0.260 e. The van der Waals surface area contributed by atoms with Gasteiger partial charge in [0.1, 0.15) is 6.33 Å². The van der Waals surface area contributed by atoms with Crippen LogP contribution in [-0.4, -0.2) is 26.1 Å². The summed E-state index contributed by atoms with van der Waals surface area (Å²) < 4.78 is 0. The van der Waals surface area contributed by atoms with Crippen molar-refractivity contribution in [1.29, 1.82) is 0 Å². The van der Waals surface area contributed by atoms with Gasteiger partial charge in [0, 0.05) is 12.4 Å². The molecule has 0 spiro atoms. The van der Waals surface area contributed by atoms with Crippen LogP contribution in [0.15, 0.2) is 30.9 Å². The van der Waals surface area contributed by atoms with Crippen LogP contribution in [0.5, 0.6) is 0 Å². The summed E-state index contributed by atoms with van der Waals surface area (Å²) in [5.74, 6) is -0.0320. The molecule has 2 aromatic rings. The number of carbonyl (C=O) groups is 1. The summed E-state index contributed by atoms with van der Waals surface area (Å²) in [6.07, 6.45) is 4.16. The molecule has 2 heterocycles. The number of halogens is 1. The van der Waals surface area contributed by atoms with Crippen LogP contribution in [0.2, 0.25) is 5.15 Å². The molecule has 0 radical (unpaired) electrons. The minimum absolute atomic E-state index is 0.265. The zero-order chi connectivity index (χ0) is 11.4. The number of nitrogens with zero attached hydrogens (tertiary/aromatic N) is 4. The van der Waals surface area contributed by atoms with Gasteiger partial charge in [-0.15, -0.1) is 10.2 Å². The number of anilines is 1. The molecule has 7 heteroatoms. The zero-order valence-electron chi connectivity index (χ0n) is 7.96. The number of aromatic nitrogens is 4. The number of hydrogen-bond acceptors (Lipinski definition) is 5. The highest BCUT2D eigenvalue weighted by Crippen LogP contribution is 2.07. The Hall–Kier alpha value is -2.08. The summed E-state index contributed by atoms with van der Waals surface area (Å²) in [4.78, 5) is 19.1. The summed E-state index contributed by atoms with van der Waals surface area (Å²) in [6, 6.07) is 3.09. The van der Waals surface area contributed by atoms with E-state index in [1.54, 1.807) is 6.07 Å². The lowest BCUT2D eigenvalue weighted by atomic mass is 10.3. The van der Waals surface area contributed by atoms with Crippen LogP contribution in [-0.2, 0) is 0 Å². The monoisotopic (exact) mass is 235 g/mol. The van der Waals surface area contributed by atoms with Crippen LogP contribution in [0, 0.1) is 0 Å². The van der Waals surface area contributed by atoms with Crippen molar-refractivity contribution in [3.8, 4) is 0 Å². The van der Waals surface area contributed by atoms with Crippen molar-refractivity contribution < 1.29 is 4.79 Å². The fraction of sp³-hybridized carbons (Fsp3) is 0. The second-order valence-corrected chi connectivity index (χ2v) is 3.21. The standard InChI is InChI=1S/C9H6ClN5O/c10-7-1-2-8(15-14-7)13-9(16)6-3-11-5-12-4-6/h1-5H,(H,13,15,16). The largest absolute Gasteiger partial charge is 0.305 e. The number of amides is 1. The van der Waals surface area contributed by atoms with Gasteiger partial charge in [-0.1, -0.05) is 11.6 Å². The molecule has 16 heavy (non-hydrogen) atoms. The molecule has 0 atom stereocenters. The van der Waals surface area contributed by atoms with E-state index >= 15 is 0 Å². The maximum absolute atomic E-state index is 11.6. The van der Waals surface area contributed by atoms with Gasteiger partial charge in [0.25, 0.3) is 5.91 Å². The highest BCUT2D eigenvalue weighted by atomic mass is 35.5. The lowest BCUT2D eigenvalue weighted by molar-refractivity contribution is 0.102. The Bertz CT molecular complexity index is 487. The van der Waals surface area contributed by atoms with E-state index < -0.39 is 0 Å². The van der Waals surface area contributed by atoms with Gasteiger partial charge < -0.3 is 5.32 Å². The minimum Gasteiger partial charge on any atom is -0.305 e. The molecule has 0 bridgehead atoms. The van der Waals surface area contributed by atoms with Gasteiger partial charge in [0.05, 0.1) is 5.56 Å². The topological polar surface area (TPSA) is 80.7 Å². The molecule has 0 unspecified atom stereocenters. The quantitative estimate of drug-likeness (QED) is 0.845. The van der Waals surface area contributed by atoms with Crippen LogP contribution in [0.4, 0.5) is 5.82 Å². The second kappa shape index (κ2) is 4.63.